The van der Waals surface area contributed by atoms with E-state index in [-0.39, 0.29) is 30.3 Å². The SMILES string of the molecule is CCOC(=O)[C@H]1CNC[C@@H](CO)[C@@H]1C1=C(C)C(F)CC=C1. The maximum Gasteiger partial charge on any atom is 0.310 e. The second-order valence-electron chi connectivity index (χ2n) is 5.73. The van der Waals surface area contributed by atoms with E-state index in [1.807, 2.05) is 12.2 Å². The standard InChI is InChI=1S/C16H24FNO3/c1-3-21-16(20)13-8-18-7-11(9-19)15(13)12-5-4-6-14(17)10(12)2/h4-5,11,13-15,18-19H,3,6-9H2,1-2H3/t11-,13-,14?,15+/m0/s1. The number of halogens is 1. The van der Waals surface area contributed by atoms with Gasteiger partial charge in [-0.25, -0.2) is 4.39 Å². The molecule has 0 aromatic carbocycles. The smallest absolute Gasteiger partial charge is 0.310 e. The summed E-state index contributed by atoms with van der Waals surface area (Å²) in [5.74, 6) is -0.947. The van der Waals surface area contributed by atoms with Gasteiger partial charge < -0.3 is 15.2 Å². The Morgan fingerprint density at radius 3 is 2.95 bits per heavy atom. The van der Waals surface area contributed by atoms with Gasteiger partial charge in [-0.2, -0.15) is 0 Å². The van der Waals surface area contributed by atoms with Gasteiger partial charge in [0, 0.05) is 38.0 Å². The summed E-state index contributed by atoms with van der Waals surface area (Å²) in [7, 11) is 0. The molecule has 2 rings (SSSR count). The number of esters is 1. The highest BCUT2D eigenvalue weighted by Crippen LogP contribution is 2.37. The summed E-state index contributed by atoms with van der Waals surface area (Å²) in [4.78, 5) is 12.2. The number of rotatable bonds is 4. The Bertz CT molecular complexity index is 447. The van der Waals surface area contributed by atoms with Crippen molar-refractivity contribution < 1.29 is 19.0 Å². The quantitative estimate of drug-likeness (QED) is 0.774. The molecule has 0 radical (unpaired) electrons. The van der Waals surface area contributed by atoms with Crippen molar-refractivity contribution in [1.29, 1.82) is 0 Å². The van der Waals surface area contributed by atoms with Crippen LogP contribution in [0.4, 0.5) is 4.39 Å². The van der Waals surface area contributed by atoms with E-state index in [1.54, 1.807) is 13.8 Å². The molecule has 1 fully saturated rings. The molecule has 1 saturated heterocycles. The first-order valence-corrected chi connectivity index (χ1v) is 7.59. The first-order valence-electron chi connectivity index (χ1n) is 7.59. The molecule has 118 valence electrons. The van der Waals surface area contributed by atoms with Gasteiger partial charge in [0.05, 0.1) is 12.5 Å². The van der Waals surface area contributed by atoms with Gasteiger partial charge in [0.2, 0.25) is 0 Å². The summed E-state index contributed by atoms with van der Waals surface area (Å²) < 4.78 is 19.1. The van der Waals surface area contributed by atoms with Crippen LogP contribution in [0.3, 0.4) is 0 Å². The highest BCUT2D eigenvalue weighted by molar-refractivity contribution is 5.74. The van der Waals surface area contributed by atoms with Crippen molar-refractivity contribution in [3.05, 3.63) is 23.3 Å². The van der Waals surface area contributed by atoms with E-state index in [2.05, 4.69) is 5.32 Å². The highest BCUT2D eigenvalue weighted by Gasteiger charge is 2.41. The maximum absolute atomic E-state index is 14.0. The molecule has 5 heteroatoms. The number of ether oxygens (including phenoxy) is 1. The van der Waals surface area contributed by atoms with E-state index in [9.17, 15) is 14.3 Å². The second-order valence-corrected chi connectivity index (χ2v) is 5.73. The van der Waals surface area contributed by atoms with Gasteiger partial charge in [0.15, 0.2) is 0 Å². The van der Waals surface area contributed by atoms with Crippen LogP contribution in [0, 0.1) is 17.8 Å². The topological polar surface area (TPSA) is 58.6 Å². The van der Waals surface area contributed by atoms with Gasteiger partial charge in [0.1, 0.15) is 6.17 Å². The summed E-state index contributed by atoms with van der Waals surface area (Å²) in [6.45, 7) is 4.97. The van der Waals surface area contributed by atoms with Crippen LogP contribution in [0.5, 0.6) is 0 Å². The molecular weight excluding hydrogens is 273 g/mol. The number of hydrogen-bond donors (Lipinski definition) is 2. The molecule has 0 amide bonds. The first-order chi connectivity index (χ1) is 10.1. The number of hydrogen-bond acceptors (Lipinski definition) is 4. The summed E-state index contributed by atoms with van der Waals surface area (Å²) in [5.41, 5.74) is 1.53. The van der Waals surface area contributed by atoms with E-state index in [0.717, 1.165) is 5.57 Å². The van der Waals surface area contributed by atoms with Gasteiger partial charge in [-0.1, -0.05) is 12.2 Å². The lowest BCUT2D eigenvalue weighted by Gasteiger charge is -2.39. The van der Waals surface area contributed by atoms with Crippen molar-refractivity contribution in [2.45, 2.75) is 26.4 Å². The van der Waals surface area contributed by atoms with Gasteiger partial charge in [-0.05, 0) is 25.0 Å². The van der Waals surface area contributed by atoms with Crippen LogP contribution < -0.4 is 5.32 Å². The zero-order valence-corrected chi connectivity index (χ0v) is 12.6. The first kappa shape index (κ1) is 16.2. The Morgan fingerprint density at radius 1 is 1.52 bits per heavy atom. The minimum Gasteiger partial charge on any atom is -0.466 e. The molecule has 2 aliphatic rings. The minimum absolute atomic E-state index is 0.0326. The summed E-state index contributed by atoms with van der Waals surface area (Å²) in [6.07, 6.45) is 3.11. The second kappa shape index (κ2) is 7.18. The number of aliphatic hydroxyl groups excluding tert-OH is 1. The molecule has 0 aromatic rings. The molecule has 4 nitrogen and oxygen atoms in total. The molecule has 1 heterocycles. The van der Waals surface area contributed by atoms with Crippen molar-refractivity contribution >= 4 is 5.97 Å². The summed E-state index contributed by atoms with van der Waals surface area (Å²) in [6, 6.07) is 0. The minimum atomic E-state index is -0.998. The number of carbonyl (C=O) groups is 1. The van der Waals surface area contributed by atoms with E-state index in [0.29, 0.717) is 31.7 Å². The van der Waals surface area contributed by atoms with Crippen molar-refractivity contribution in [3.63, 3.8) is 0 Å². The molecule has 0 spiro atoms. The molecule has 1 unspecified atom stereocenters. The van der Waals surface area contributed by atoms with E-state index in [4.69, 9.17) is 4.74 Å². The fourth-order valence-corrected chi connectivity index (χ4v) is 3.31. The maximum atomic E-state index is 14.0. The average Bonchev–Trinajstić information content (AvgIpc) is 2.49. The van der Waals surface area contributed by atoms with Crippen LogP contribution in [0.25, 0.3) is 0 Å². The third kappa shape index (κ3) is 3.35. The summed E-state index contributed by atoms with van der Waals surface area (Å²) >= 11 is 0. The summed E-state index contributed by atoms with van der Waals surface area (Å²) in [5, 5.41) is 12.8. The predicted octanol–water partition coefficient (Wildman–Crippen LogP) is 1.61. The average molecular weight is 297 g/mol. The third-order valence-electron chi connectivity index (χ3n) is 4.46. The third-order valence-corrected chi connectivity index (χ3v) is 4.46. The van der Waals surface area contributed by atoms with Crippen molar-refractivity contribution in [1.82, 2.24) is 5.32 Å². The fourth-order valence-electron chi connectivity index (χ4n) is 3.31. The Balaban J connectivity index is 2.34. The van der Waals surface area contributed by atoms with Gasteiger partial charge >= 0.3 is 5.97 Å². The molecule has 0 saturated carbocycles. The van der Waals surface area contributed by atoms with E-state index in [1.165, 1.54) is 0 Å². The number of carbonyl (C=O) groups excluding carboxylic acids is 1. The van der Waals surface area contributed by atoms with Gasteiger partial charge in [-0.15, -0.1) is 0 Å². The van der Waals surface area contributed by atoms with E-state index >= 15 is 0 Å². The fraction of sp³-hybridized carbons (Fsp3) is 0.688. The monoisotopic (exact) mass is 297 g/mol. The lowest BCUT2D eigenvalue weighted by atomic mass is 9.71. The lowest BCUT2D eigenvalue weighted by Crippen LogP contribution is -2.49. The zero-order valence-electron chi connectivity index (χ0n) is 12.6. The number of nitrogens with one attached hydrogen (secondary N) is 1. The van der Waals surface area contributed by atoms with Crippen LogP contribution in [-0.4, -0.2) is 43.6 Å². The number of allylic oxidation sites excluding steroid dienone is 4. The van der Waals surface area contributed by atoms with Crippen molar-refractivity contribution in [2.75, 3.05) is 26.3 Å². The molecule has 1 aliphatic heterocycles. The van der Waals surface area contributed by atoms with Crippen LogP contribution in [0.1, 0.15) is 20.3 Å². The van der Waals surface area contributed by atoms with Gasteiger partial charge in [0.25, 0.3) is 0 Å². The molecule has 4 atom stereocenters. The van der Waals surface area contributed by atoms with Crippen molar-refractivity contribution in [3.8, 4) is 0 Å². The predicted molar refractivity (Wildman–Crippen MR) is 78.4 cm³/mol. The Labute approximate surface area is 125 Å². The largest absolute Gasteiger partial charge is 0.466 e. The Kier molecular flexibility index (Phi) is 5.53. The molecule has 21 heavy (non-hydrogen) atoms. The number of aliphatic hydroxyl groups is 1. The lowest BCUT2D eigenvalue weighted by molar-refractivity contribution is -0.151. The zero-order chi connectivity index (χ0) is 15.4. The van der Waals surface area contributed by atoms with Crippen molar-refractivity contribution in [2.24, 2.45) is 17.8 Å². The van der Waals surface area contributed by atoms with Crippen LogP contribution in [0.2, 0.25) is 0 Å². The molecule has 0 aromatic heterocycles. The highest BCUT2D eigenvalue weighted by atomic mass is 19.1. The Hall–Kier alpha value is -1.20. The van der Waals surface area contributed by atoms with E-state index < -0.39 is 6.17 Å². The molecule has 2 N–H and O–H groups in total. The van der Waals surface area contributed by atoms with Crippen LogP contribution in [0.15, 0.2) is 23.3 Å². The van der Waals surface area contributed by atoms with Crippen LogP contribution >= 0.6 is 0 Å². The van der Waals surface area contributed by atoms with Crippen LogP contribution in [-0.2, 0) is 9.53 Å². The number of piperidine rings is 1. The number of alkyl halides is 1. The molecular formula is C16H24FNO3. The Morgan fingerprint density at radius 2 is 2.29 bits per heavy atom. The van der Waals surface area contributed by atoms with Gasteiger partial charge in [-0.3, -0.25) is 4.79 Å². The molecule has 0 bridgehead atoms. The normalized spacial score (nSPS) is 33.1. The molecule has 1 aliphatic carbocycles.